The summed E-state index contributed by atoms with van der Waals surface area (Å²) >= 11 is 0. The fourth-order valence-corrected chi connectivity index (χ4v) is 2.31. The number of anilines is 1. The van der Waals surface area contributed by atoms with E-state index in [4.69, 9.17) is 5.73 Å². The van der Waals surface area contributed by atoms with Crippen molar-refractivity contribution in [2.24, 2.45) is 5.73 Å². The number of pyridine rings is 1. The highest BCUT2D eigenvalue weighted by Crippen LogP contribution is 2.22. The molecule has 94 valence electrons. The molecule has 17 heavy (non-hydrogen) atoms. The third-order valence-corrected chi connectivity index (χ3v) is 3.33. The Morgan fingerprint density at radius 2 is 1.82 bits per heavy atom. The number of halogens is 1. The summed E-state index contributed by atoms with van der Waals surface area (Å²) in [5.74, 6) is 0.241. The lowest BCUT2D eigenvalue weighted by Gasteiger charge is -2.26. The quantitative estimate of drug-likeness (QED) is 0.859. The predicted octanol–water partition coefficient (Wildman–Crippen LogP) is 2.45. The van der Waals surface area contributed by atoms with Crippen LogP contribution in [-0.2, 0) is 6.54 Å². The maximum Gasteiger partial charge on any atom is 0.170 e. The van der Waals surface area contributed by atoms with Crippen molar-refractivity contribution in [2.45, 2.75) is 38.6 Å². The number of rotatable bonds is 2. The zero-order chi connectivity index (χ0) is 12.1. The van der Waals surface area contributed by atoms with Crippen LogP contribution < -0.4 is 10.6 Å². The molecule has 3 nitrogen and oxygen atoms in total. The molecule has 0 bridgehead atoms. The first-order valence-electron chi connectivity index (χ1n) is 6.41. The molecule has 1 aromatic heterocycles. The van der Waals surface area contributed by atoms with Gasteiger partial charge in [0.1, 0.15) is 0 Å². The van der Waals surface area contributed by atoms with Gasteiger partial charge in [0.15, 0.2) is 11.6 Å². The van der Waals surface area contributed by atoms with Crippen LogP contribution in [0, 0.1) is 5.82 Å². The van der Waals surface area contributed by atoms with E-state index in [1.807, 2.05) is 0 Å². The Balaban J connectivity index is 2.19. The molecule has 0 aliphatic carbocycles. The highest BCUT2D eigenvalue weighted by molar-refractivity contribution is 5.43. The molecule has 2 N–H and O–H groups in total. The van der Waals surface area contributed by atoms with E-state index in [0.29, 0.717) is 11.4 Å². The summed E-state index contributed by atoms with van der Waals surface area (Å²) in [6.07, 6.45) is 7.65. The third-order valence-electron chi connectivity index (χ3n) is 3.33. The molecule has 0 radical (unpaired) electrons. The minimum absolute atomic E-state index is 0.231. The monoisotopic (exact) mass is 237 g/mol. The first kappa shape index (κ1) is 12.3. The van der Waals surface area contributed by atoms with E-state index >= 15 is 0 Å². The predicted molar refractivity (Wildman–Crippen MR) is 67.4 cm³/mol. The molecular weight excluding hydrogens is 217 g/mol. The zero-order valence-electron chi connectivity index (χ0n) is 10.2. The van der Waals surface area contributed by atoms with E-state index in [0.717, 1.165) is 25.9 Å². The van der Waals surface area contributed by atoms with E-state index in [1.54, 1.807) is 12.3 Å². The van der Waals surface area contributed by atoms with Crippen molar-refractivity contribution in [3.05, 3.63) is 23.6 Å². The summed E-state index contributed by atoms with van der Waals surface area (Å²) in [6, 6.07) is 1.66. The molecule has 0 unspecified atom stereocenters. The number of hydrogen-bond acceptors (Lipinski definition) is 3. The fourth-order valence-electron chi connectivity index (χ4n) is 2.31. The Kier molecular flexibility index (Phi) is 4.31. The average molecular weight is 237 g/mol. The normalized spacial score (nSPS) is 17.6. The van der Waals surface area contributed by atoms with Crippen LogP contribution >= 0.6 is 0 Å². The summed E-state index contributed by atoms with van der Waals surface area (Å²) < 4.78 is 14.1. The Bertz CT molecular complexity index is 360. The summed E-state index contributed by atoms with van der Waals surface area (Å²) in [4.78, 5) is 6.24. The Labute approximate surface area is 102 Å². The first-order valence-corrected chi connectivity index (χ1v) is 6.41. The van der Waals surface area contributed by atoms with Gasteiger partial charge in [0.25, 0.3) is 0 Å². The minimum atomic E-state index is -0.240. The van der Waals surface area contributed by atoms with Crippen molar-refractivity contribution in [3.63, 3.8) is 0 Å². The molecule has 4 heteroatoms. The van der Waals surface area contributed by atoms with Gasteiger partial charge in [0.2, 0.25) is 0 Å². The molecule has 0 saturated carbocycles. The van der Waals surface area contributed by atoms with Crippen LogP contribution in [0.2, 0.25) is 0 Å². The van der Waals surface area contributed by atoms with Crippen molar-refractivity contribution in [1.29, 1.82) is 0 Å². The van der Waals surface area contributed by atoms with Gasteiger partial charge in [-0.1, -0.05) is 19.3 Å². The molecule has 1 aromatic rings. The van der Waals surface area contributed by atoms with E-state index in [-0.39, 0.29) is 12.4 Å². The maximum atomic E-state index is 14.1. The molecule has 0 atom stereocenters. The SMILES string of the molecule is NCc1ccnc(N2CCCCCCC2)c1F. The highest BCUT2D eigenvalue weighted by Gasteiger charge is 2.16. The molecule has 0 aromatic carbocycles. The lowest BCUT2D eigenvalue weighted by atomic mass is 10.1. The van der Waals surface area contributed by atoms with Gasteiger partial charge in [-0.3, -0.25) is 0 Å². The van der Waals surface area contributed by atoms with Crippen LogP contribution in [0.5, 0.6) is 0 Å². The van der Waals surface area contributed by atoms with Crippen LogP contribution in [0.1, 0.15) is 37.7 Å². The summed E-state index contributed by atoms with van der Waals surface area (Å²) in [7, 11) is 0. The second kappa shape index (κ2) is 5.96. The number of nitrogens with two attached hydrogens (primary N) is 1. The molecule has 0 spiro atoms. The van der Waals surface area contributed by atoms with Gasteiger partial charge in [-0.05, 0) is 18.9 Å². The first-order chi connectivity index (χ1) is 8.33. The van der Waals surface area contributed by atoms with Crippen LogP contribution in [0.4, 0.5) is 10.2 Å². The maximum absolute atomic E-state index is 14.1. The van der Waals surface area contributed by atoms with Gasteiger partial charge in [-0.2, -0.15) is 0 Å². The van der Waals surface area contributed by atoms with Crippen molar-refractivity contribution >= 4 is 5.82 Å². The van der Waals surface area contributed by atoms with E-state index in [9.17, 15) is 4.39 Å². The van der Waals surface area contributed by atoms with Crippen molar-refractivity contribution in [1.82, 2.24) is 4.98 Å². The molecule has 1 saturated heterocycles. The van der Waals surface area contributed by atoms with Gasteiger partial charge in [0.05, 0.1) is 0 Å². The van der Waals surface area contributed by atoms with Crippen LogP contribution in [-0.4, -0.2) is 18.1 Å². The minimum Gasteiger partial charge on any atom is -0.354 e. The van der Waals surface area contributed by atoms with Crippen LogP contribution in [0.3, 0.4) is 0 Å². The molecule has 1 fully saturated rings. The molecule has 2 heterocycles. The highest BCUT2D eigenvalue weighted by atomic mass is 19.1. The smallest absolute Gasteiger partial charge is 0.170 e. The average Bonchev–Trinajstić information content (AvgIpc) is 2.30. The van der Waals surface area contributed by atoms with E-state index in [2.05, 4.69) is 9.88 Å². The van der Waals surface area contributed by atoms with Crippen molar-refractivity contribution in [2.75, 3.05) is 18.0 Å². The van der Waals surface area contributed by atoms with Gasteiger partial charge in [-0.15, -0.1) is 0 Å². The molecule has 1 aliphatic rings. The largest absolute Gasteiger partial charge is 0.354 e. The van der Waals surface area contributed by atoms with Gasteiger partial charge >= 0.3 is 0 Å². The lowest BCUT2D eigenvalue weighted by Crippen LogP contribution is -2.29. The standard InChI is InChI=1S/C13H20FN3/c14-12-11(10-15)6-7-16-13(12)17-8-4-2-1-3-5-9-17/h6-7H,1-5,8-10,15H2. The van der Waals surface area contributed by atoms with E-state index < -0.39 is 0 Å². The van der Waals surface area contributed by atoms with Gasteiger partial charge in [0, 0.05) is 31.4 Å². The summed E-state index contributed by atoms with van der Waals surface area (Å²) in [5.41, 5.74) is 6.07. The second-order valence-corrected chi connectivity index (χ2v) is 4.57. The van der Waals surface area contributed by atoms with E-state index in [1.165, 1.54) is 19.3 Å². The fraction of sp³-hybridized carbons (Fsp3) is 0.615. The number of hydrogen-bond donors (Lipinski definition) is 1. The number of aromatic nitrogens is 1. The molecule has 0 amide bonds. The summed E-state index contributed by atoms with van der Waals surface area (Å²) in [5, 5.41) is 0. The number of nitrogens with zero attached hydrogens (tertiary/aromatic N) is 2. The van der Waals surface area contributed by atoms with Crippen LogP contribution in [0.15, 0.2) is 12.3 Å². The molecular formula is C13H20FN3. The van der Waals surface area contributed by atoms with Crippen LogP contribution in [0.25, 0.3) is 0 Å². The second-order valence-electron chi connectivity index (χ2n) is 4.57. The Morgan fingerprint density at radius 3 is 2.47 bits per heavy atom. The Hall–Kier alpha value is -1.16. The molecule has 2 rings (SSSR count). The summed E-state index contributed by atoms with van der Waals surface area (Å²) in [6.45, 7) is 2.03. The topological polar surface area (TPSA) is 42.1 Å². The third kappa shape index (κ3) is 2.94. The Morgan fingerprint density at radius 1 is 1.18 bits per heavy atom. The van der Waals surface area contributed by atoms with Gasteiger partial charge < -0.3 is 10.6 Å². The lowest BCUT2D eigenvalue weighted by molar-refractivity contribution is 0.536. The van der Waals surface area contributed by atoms with Gasteiger partial charge in [-0.25, -0.2) is 9.37 Å². The van der Waals surface area contributed by atoms with Crippen molar-refractivity contribution < 1.29 is 4.39 Å². The zero-order valence-corrected chi connectivity index (χ0v) is 10.2. The van der Waals surface area contributed by atoms with Crippen molar-refractivity contribution in [3.8, 4) is 0 Å². The molecule has 1 aliphatic heterocycles.